The summed E-state index contributed by atoms with van der Waals surface area (Å²) in [7, 11) is -3.68. The van der Waals surface area contributed by atoms with Crippen molar-refractivity contribution in [1.82, 2.24) is 8.96 Å². The second-order valence-corrected chi connectivity index (χ2v) is 8.13. The minimum atomic E-state index is -3.68. The number of nitrogens with zero attached hydrogens (tertiary/aromatic N) is 2. The van der Waals surface area contributed by atoms with E-state index in [1.54, 1.807) is 20.8 Å². The molecule has 0 bridgehead atoms. The Kier molecular flexibility index (Phi) is 3.18. The SMILES string of the molecule is CC(C)(C)S(=O)(=O)n1cnc(=O)c2ccc(Cl)cc21. The predicted octanol–water partition coefficient (Wildman–Crippen LogP) is 2.03. The molecule has 7 heteroatoms. The average Bonchev–Trinajstić information content (AvgIpc) is 2.27. The monoisotopic (exact) mass is 300 g/mol. The van der Waals surface area contributed by atoms with Crippen molar-refractivity contribution in [2.24, 2.45) is 0 Å². The molecule has 2 aromatic rings. The number of aromatic nitrogens is 2. The Hall–Kier alpha value is -1.40. The van der Waals surface area contributed by atoms with Crippen molar-refractivity contribution in [3.05, 3.63) is 39.9 Å². The zero-order valence-corrected chi connectivity index (χ0v) is 12.3. The van der Waals surface area contributed by atoms with E-state index in [0.717, 1.165) is 10.3 Å². The maximum absolute atomic E-state index is 12.5. The van der Waals surface area contributed by atoms with Gasteiger partial charge in [0.1, 0.15) is 6.33 Å². The summed E-state index contributed by atoms with van der Waals surface area (Å²) in [4.78, 5) is 15.3. The van der Waals surface area contributed by atoms with Gasteiger partial charge in [-0.3, -0.25) is 4.79 Å². The predicted molar refractivity (Wildman–Crippen MR) is 75.1 cm³/mol. The van der Waals surface area contributed by atoms with E-state index in [-0.39, 0.29) is 10.9 Å². The van der Waals surface area contributed by atoms with Gasteiger partial charge in [0, 0.05) is 5.02 Å². The van der Waals surface area contributed by atoms with Gasteiger partial charge in [0.15, 0.2) is 0 Å². The third-order valence-corrected chi connectivity index (χ3v) is 5.33. The first-order chi connectivity index (χ1) is 8.64. The topological polar surface area (TPSA) is 69.0 Å². The molecule has 0 unspecified atom stereocenters. The van der Waals surface area contributed by atoms with Crippen LogP contribution in [0.5, 0.6) is 0 Å². The summed E-state index contributed by atoms with van der Waals surface area (Å²) in [6.45, 7) is 4.74. The molecule has 0 saturated heterocycles. The molecule has 0 saturated carbocycles. The molecular formula is C12H13ClN2O3S. The van der Waals surface area contributed by atoms with Crippen LogP contribution in [0.25, 0.3) is 10.9 Å². The molecule has 0 aliphatic carbocycles. The maximum atomic E-state index is 12.5. The average molecular weight is 301 g/mol. The summed E-state index contributed by atoms with van der Waals surface area (Å²) in [5.74, 6) is 0. The van der Waals surface area contributed by atoms with E-state index in [0.29, 0.717) is 5.02 Å². The molecule has 0 aliphatic rings. The third-order valence-electron chi connectivity index (χ3n) is 2.74. The van der Waals surface area contributed by atoms with E-state index < -0.39 is 20.3 Å². The van der Waals surface area contributed by atoms with E-state index in [1.807, 2.05) is 0 Å². The standard InChI is InChI=1S/C12H13ClN2O3S/c1-12(2,3)19(17,18)15-7-14-11(16)9-5-4-8(13)6-10(9)15/h4-7H,1-3H3. The van der Waals surface area contributed by atoms with E-state index >= 15 is 0 Å². The minimum Gasteiger partial charge on any atom is -0.267 e. The lowest BCUT2D eigenvalue weighted by atomic mass is 10.2. The molecule has 0 radical (unpaired) electrons. The lowest BCUT2D eigenvalue weighted by Gasteiger charge is -2.21. The number of rotatable bonds is 1. The molecule has 2 rings (SSSR count). The zero-order chi connectivity index (χ0) is 14.4. The lowest BCUT2D eigenvalue weighted by molar-refractivity contribution is 0.551. The Morgan fingerprint density at radius 1 is 1.26 bits per heavy atom. The van der Waals surface area contributed by atoms with Gasteiger partial charge in [-0.2, -0.15) is 4.98 Å². The van der Waals surface area contributed by atoms with Gasteiger partial charge < -0.3 is 0 Å². The van der Waals surface area contributed by atoms with Gasteiger partial charge in [-0.25, -0.2) is 12.4 Å². The highest BCUT2D eigenvalue weighted by atomic mass is 35.5. The van der Waals surface area contributed by atoms with E-state index in [9.17, 15) is 13.2 Å². The van der Waals surface area contributed by atoms with Gasteiger partial charge in [0.25, 0.3) is 5.56 Å². The van der Waals surface area contributed by atoms with Gasteiger partial charge >= 0.3 is 0 Å². The number of benzene rings is 1. The minimum absolute atomic E-state index is 0.222. The van der Waals surface area contributed by atoms with Crippen molar-refractivity contribution in [3.8, 4) is 0 Å². The highest BCUT2D eigenvalue weighted by molar-refractivity contribution is 7.91. The largest absolute Gasteiger partial charge is 0.280 e. The zero-order valence-electron chi connectivity index (χ0n) is 10.7. The molecule has 1 aromatic carbocycles. The van der Waals surface area contributed by atoms with Gasteiger partial charge in [-0.15, -0.1) is 0 Å². The maximum Gasteiger partial charge on any atom is 0.280 e. The Bertz CT molecular complexity index is 804. The molecule has 1 heterocycles. The van der Waals surface area contributed by atoms with Crippen LogP contribution < -0.4 is 5.56 Å². The van der Waals surface area contributed by atoms with Crippen molar-refractivity contribution in [2.75, 3.05) is 0 Å². The molecule has 0 spiro atoms. The molecule has 0 amide bonds. The Morgan fingerprint density at radius 2 is 1.89 bits per heavy atom. The van der Waals surface area contributed by atoms with Crippen LogP contribution in [0.1, 0.15) is 20.8 Å². The summed E-state index contributed by atoms with van der Waals surface area (Å²) >= 11 is 5.88. The van der Waals surface area contributed by atoms with Crippen LogP contribution in [0.3, 0.4) is 0 Å². The fraction of sp³-hybridized carbons (Fsp3) is 0.333. The van der Waals surface area contributed by atoms with E-state index in [4.69, 9.17) is 11.6 Å². The molecular weight excluding hydrogens is 288 g/mol. The van der Waals surface area contributed by atoms with E-state index in [2.05, 4.69) is 4.98 Å². The van der Waals surface area contributed by atoms with Gasteiger partial charge in [-0.1, -0.05) is 11.6 Å². The van der Waals surface area contributed by atoms with Gasteiger partial charge in [0.2, 0.25) is 10.0 Å². The van der Waals surface area contributed by atoms with Crippen molar-refractivity contribution in [2.45, 2.75) is 25.5 Å². The van der Waals surface area contributed by atoms with Crippen LogP contribution >= 0.6 is 11.6 Å². The first kappa shape index (κ1) is 14.0. The molecule has 102 valence electrons. The molecule has 0 N–H and O–H groups in total. The second-order valence-electron chi connectivity index (χ2n) is 5.12. The molecule has 0 aliphatic heterocycles. The molecule has 1 aromatic heterocycles. The molecule has 0 fully saturated rings. The summed E-state index contributed by atoms with van der Waals surface area (Å²) in [5.41, 5.74) is -0.241. The summed E-state index contributed by atoms with van der Waals surface area (Å²) < 4.78 is 24.9. The van der Waals surface area contributed by atoms with Crippen molar-refractivity contribution in [1.29, 1.82) is 0 Å². The first-order valence-corrected chi connectivity index (χ1v) is 7.38. The van der Waals surface area contributed by atoms with Crippen LogP contribution in [0.15, 0.2) is 29.3 Å². The van der Waals surface area contributed by atoms with Crippen molar-refractivity contribution >= 4 is 32.5 Å². The number of fused-ring (bicyclic) bond motifs is 1. The highest BCUT2D eigenvalue weighted by Gasteiger charge is 2.31. The van der Waals surface area contributed by atoms with Crippen LogP contribution in [-0.2, 0) is 10.0 Å². The van der Waals surface area contributed by atoms with Crippen LogP contribution in [0.2, 0.25) is 5.02 Å². The fourth-order valence-electron chi connectivity index (χ4n) is 1.59. The van der Waals surface area contributed by atoms with Crippen LogP contribution in [0.4, 0.5) is 0 Å². The second kappa shape index (κ2) is 4.31. The van der Waals surface area contributed by atoms with E-state index in [1.165, 1.54) is 18.2 Å². The number of hydrogen-bond acceptors (Lipinski definition) is 4. The van der Waals surface area contributed by atoms with Crippen molar-refractivity contribution < 1.29 is 8.42 Å². The Morgan fingerprint density at radius 3 is 2.47 bits per heavy atom. The summed E-state index contributed by atoms with van der Waals surface area (Å²) in [6, 6.07) is 4.45. The number of halogens is 1. The summed E-state index contributed by atoms with van der Waals surface area (Å²) in [6.07, 6.45) is 1.03. The third kappa shape index (κ3) is 2.26. The van der Waals surface area contributed by atoms with Gasteiger partial charge in [-0.05, 0) is 39.0 Å². The normalized spacial score (nSPS) is 12.8. The molecule has 19 heavy (non-hydrogen) atoms. The van der Waals surface area contributed by atoms with Crippen molar-refractivity contribution in [3.63, 3.8) is 0 Å². The molecule has 0 atom stereocenters. The first-order valence-electron chi connectivity index (χ1n) is 5.56. The quantitative estimate of drug-likeness (QED) is 0.808. The van der Waals surface area contributed by atoms with Crippen LogP contribution in [0, 0.1) is 0 Å². The lowest BCUT2D eigenvalue weighted by Crippen LogP contribution is -2.34. The van der Waals surface area contributed by atoms with Gasteiger partial charge in [0.05, 0.1) is 15.6 Å². The Labute approximate surface area is 115 Å². The van der Waals surface area contributed by atoms with Crippen LogP contribution in [-0.4, -0.2) is 22.1 Å². The Balaban J connectivity index is 2.95. The smallest absolute Gasteiger partial charge is 0.267 e. The number of hydrogen-bond donors (Lipinski definition) is 0. The molecule has 5 nitrogen and oxygen atoms in total. The summed E-state index contributed by atoms with van der Waals surface area (Å²) in [5, 5.41) is 0.579. The highest BCUT2D eigenvalue weighted by Crippen LogP contribution is 2.23. The fourth-order valence-corrected chi connectivity index (χ4v) is 2.93.